The van der Waals surface area contributed by atoms with Crippen molar-refractivity contribution in [2.45, 2.75) is 13.0 Å². The Bertz CT molecular complexity index is 319. The van der Waals surface area contributed by atoms with Crippen LogP contribution in [0.25, 0.3) is 0 Å². The third-order valence-corrected chi connectivity index (χ3v) is 1.78. The molecule has 2 N–H and O–H groups in total. The summed E-state index contributed by atoms with van der Waals surface area (Å²) in [6.45, 7) is 1.31. The third-order valence-electron chi connectivity index (χ3n) is 1.78. The topological polar surface area (TPSA) is 60.2 Å². The predicted molar refractivity (Wildman–Crippen MR) is 49.4 cm³/mol. The Hall–Kier alpha value is -1.48. The van der Waals surface area contributed by atoms with Crippen molar-refractivity contribution in [1.29, 1.82) is 0 Å². The van der Waals surface area contributed by atoms with Gasteiger partial charge in [0.25, 0.3) is 0 Å². The normalized spacial score (nSPS) is 12.2. The zero-order valence-corrected chi connectivity index (χ0v) is 7.36. The first kappa shape index (κ1) is 9.61. The number of carbonyl (C=O) groups is 2. The number of nitrogens with two attached hydrogens (primary N) is 1. The van der Waals surface area contributed by atoms with Crippen LogP contribution in [0.5, 0.6) is 0 Å². The molecule has 3 heteroatoms. The summed E-state index contributed by atoms with van der Waals surface area (Å²) in [7, 11) is 0. The van der Waals surface area contributed by atoms with E-state index in [-0.39, 0.29) is 11.6 Å². The van der Waals surface area contributed by atoms with Crippen molar-refractivity contribution in [3.8, 4) is 0 Å². The summed E-state index contributed by atoms with van der Waals surface area (Å²) < 4.78 is 0. The molecule has 0 aliphatic carbocycles. The van der Waals surface area contributed by atoms with E-state index in [1.807, 2.05) is 0 Å². The van der Waals surface area contributed by atoms with Gasteiger partial charge in [0.1, 0.15) is 6.04 Å². The molecule has 0 aliphatic rings. The quantitative estimate of drug-likeness (QED) is 0.548. The van der Waals surface area contributed by atoms with Gasteiger partial charge in [0.2, 0.25) is 0 Å². The standard InChI is InChI=1S/C10H11NO2/c1-7(12)9(11)10(13)8-5-3-2-4-6-8/h2-6,9H,11H2,1H3. The average Bonchev–Trinajstić information content (AvgIpc) is 2.17. The van der Waals surface area contributed by atoms with Gasteiger partial charge in [-0.1, -0.05) is 30.3 Å². The Labute approximate surface area is 76.6 Å². The third kappa shape index (κ3) is 2.23. The van der Waals surface area contributed by atoms with Crippen LogP contribution in [0.4, 0.5) is 0 Å². The second-order valence-corrected chi connectivity index (χ2v) is 2.82. The maximum absolute atomic E-state index is 11.4. The minimum Gasteiger partial charge on any atom is -0.315 e. The van der Waals surface area contributed by atoms with Gasteiger partial charge in [-0.15, -0.1) is 0 Å². The molecule has 0 bridgehead atoms. The van der Waals surface area contributed by atoms with Crippen LogP contribution in [-0.4, -0.2) is 17.6 Å². The molecule has 0 heterocycles. The van der Waals surface area contributed by atoms with Crippen molar-refractivity contribution in [3.05, 3.63) is 35.9 Å². The molecular formula is C10H11NO2. The molecule has 1 unspecified atom stereocenters. The number of hydrogen-bond donors (Lipinski definition) is 1. The van der Waals surface area contributed by atoms with Crippen molar-refractivity contribution in [2.24, 2.45) is 5.73 Å². The van der Waals surface area contributed by atoms with E-state index in [0.29, 0.717) is 5.56 Å². The molecule has 68 valence electrons. The second kappa shape index (κ2) is 3.96. The van der Waals surface area contributed by atoms with Crippen LogP contribution in [0.3, 0.4) is 0 Å². The molecule has 13 heavy (non-hydrogen) atoms. The predicted octanol–water partition coefficient (Wildman–Crippen LogP) is 0.786. The zero-order valence-electron chi connectivity index (χ0n) is 7.36. The molecule has 1 atom stereocenters. The van der Waals surface area contributed by atoms with Crippen LogP contribution in [0.1, 0.15) is 17.3 Å². The Morgan fingerprint density at radius 2 is 1.77 bits per heavy atom. The molecule has 0 radical (unpaired) electrons. The summed E-state index contributed by atoms with van der Waals surface area (Å²) in [5.41, 5.74) is 5.87. The molecule has 0 amide bonds. The number of benzene rings is 1. The lowest BCUT2D eigenvalue weighted by Crippen LogP contribution is -2.37. The van der Waals surface area contributed by atoms with E-state index in [9.17, 15) is 9.59 Å². The smallest absolute Gasteiger partial charge is 0.187 e. The van der Waals surface area contributed by atoms with Crippen molar-refractivity contribution < 1.29 is 9.59 Å². The summed E-state index contributed by atoms with van der Waals surface area (Å²) in [5, 5.41) is 0. The Morgan fingerprint density at radius 3 is 2.23 bits per heavy atom. The van der Waals surface area contributed by atoms with Gasteiger partial charge in [-0.05, 0) is 6.92 Å². The minimum atomic E-state index is -1.03. The highest BCUT2D eigenvalue weighted by atomic mass is 16.2. The first-order chi connectivity index (χ1) is 6.13. The number of rotatable bonds is 3. The molecule has 0 aliphatic heterocycles. The van der Waals surface area contributed by atoms with E-state index in [1.165, 1.54) is 6.92 Å². The highest BCUT2D eigenvalue weighted by Crippen LogP contribution is 2.02. The van der Waals surface area contributed by atoms with Crippen LogP contribution in [-0.2, 0) is 4.79 Å². The highest BCUT2D eigenvalue weighted by Gasteiger charge is 2.18. The summed E-state index contributed by atoms with van der Waals surface area (Å²) in [6.07, 6.45) is 0. The van der Waals surface area contributed by atoms with Gasteiger partial charge >= 0.3 is 0 Å². The summed E-state index contributed by atoms with van der Waals surface area (Å²) in [6, 6.07) is 7.54. The van der Waals surface area contributed by atoms with E-state index < -0.39 is 6.04 Å². The van der Waals surface area contributed by atoms with Crippen LogP contribution >= 0.6 is 0 Å². The molecule has 3 nitrogen and oxygen atoms in total. The maximum Gasteiger partial charge on any atom is 0.187 e. The Kier molecular flexibility index (Phi) is 2.93. The highest BCUT2D eigenvalue weighted by molar-refractivity contribution is 6.13. The number of hydrogen-bond acceptors (Lipinski definition) is 3. The van der Waals surface area contributed by atoms with Gasteiger partial charge in [0, 0.05) is 5.56 Å². The van der Waals surface area contributed by atoms with Gasteiger partial charge in [-0.2, -0.15) is 0 Å². The SMILES string of the molecule is CC(=O)C(N)C(=O)c1ccccc1. The second-order valence-electron chi connectivity index (χ2n) is 2.82. The van der Waals surface area contributed by atoms with Crippen molar-refractivity contribution >= 4 is 11.6 Å². The largest absolute Gasteiger partial charge is 0.315 e. The first-order valence-electron chi connectivity index (χ1n) is 3.98. The van der Waals surface area contributed by atoms with Crippen LogP contribution in [0.15, 0.2) is 30.3 Å². The molecule has 0 spiro atoms. The molecule has 0 saturated heterocycles. The van der Waals surface area contributed by atoms with Gasteiger partial charge in [-0.3, -0.25) is 9.59 Å². The first-order valence-corrected chi connectivity index (χ1v) is 3.98. The lowest BCUT2D eigenvalue weighted by Gasteiger charge is -2.05. The Morgan fingerprint density at radius 1 is 1.23 bits per heavy atom. The fourth-order valence-corrected chi connectivity index (χ4v) is 0.967. The van der Waals surface area contributed by atoms with Gasteiger partial charge in [0.05, 0.1) is 0 Å². The maximum atomic E-state index is 11.4. The van der Waals surface area contributed by atoms with E-state index in [2.05, 4.69) is 0 Å². The lowest BCUT2D eigenvalue weighted by atomic mass is 10.0. The van der Waals surface area contributed by atoms with Crippen LogP contribution < -0.4 is 5.73 Å². The zero-order chi connectivity index (χ0) is 9.84. The summed E-state index contributed by atoms with van der Waals surface area (Å²) >= 11 is 0. The molecule has 0 aromatic heterocycles. The number of Topliss-reactive ketones (excluding diaryl/α,β-unsaturated/α-hetero) is 2. The fraction of sp³-hybridized carbons (Fsp3) is 0.200. The van der Waals surface area contributed by atoms with Crippen molar-refractivity contribution in [2.75, 3.05) is 0 Å². The molecular weight excluding hydrogens is 166 g/mol. The molecule has 1 aromatic carbocycles. The molecule has 1 aromatic rings. The molecule has 0 saturated carbocycles. The number of ketones is 2. The lowest BCUT2D eigenvalue weighted by molar-refractivity contribution is -0.117. The molecule has 0 fully saturated rings. The monoisotopic (exact) mass is 177 g/mol. The van der Waals surface area contributed by atoms with E-state index >= 15 is 0 Å². The number of carbonyl (C=O) groups excluding carboxylic acids is 2. The van der Waals surface area contributed by atoms with Gasteiger partial charge in [0.15, 0.2) is 11.6 Å². The average molecular weight is 177 g/mol. The van der Waals surface area contributed by atoms with Gasteiger partial charge < -0.3 is 5.73 Å². The van der Waals surface area contributed by atoms with Crippen molar-refractivity contribution in [1.82, 2.24) is 0 Å². The Balaban J connectivity index is 2.86. The van der Waals surface area contributed by atoms with Crippen LogP contribution in [0, 0.1) is 0 Å². The van der Waals surface area contributed by atoms with Crippen molar-refractivity contribution in [3.63, 3.8) is 0 Å². The van der Waals surface area contributed by atoms with E-state index in [0.717, 1.165) is 0 Å². The van der Waals surface area contributed by atoms with E-state index in [4.69, 9.17) is 5.73 Å². The fourth-order valence-electron chi connectivity index (χ4n) is 0.967. The van der Waals surface area contributed by atoms with Gasteiger partial charge in [-0.25, -0.2) is 0 Å². The minimum absolute atomic E-state index is 0.311. The summed E-state index contributed by atoms with van der Waals surface area (Å²) in [5.74, 6) is -0.637. The summed E-state index contributed by atoms with van der Waals surface area (Å²) in [4.78, 5) is 22.3. The van der Waals surface area contributed by atoms with Crippen LogP contribution in [0.2, 0.25) is 0 Å². The van der Waals surface area contributed by atoms with E-state index in [1.54, 1.807) is 30.3 Å². The molecule has 1 rings (SSSR count).